The van der Waals surface area contributed by atoms with Crippen molar-refractivity contribution in [1.82, 2.24) is 9.80 Å². The third kappa shape index (κ3) is 24.7. The average Bonchev–Trinajstić information content (AvgIpc) is 3.59. The number of hydrogen-bond donors (Lipinski definition) is 0. The quantitative estimate of drug-likeness (QED) is 0.0214. The Hall–Kier alpha value is -1.79. The second-order valence-corrected chi connectivity index (χ2v) is 22.0. The van der Waals surface area contributed by atoms with Crippen molar-refractivity contribution >= 4 is 33.0 Å². The second-order valence-electron chi connectivity index (χ2n) is 17.3. The van der Waals surface area contributed by atoms with Crippen molar-refractivity contribution in [1.29, 1.82) is 0 Å². The second kappa shape index (κ2) is 35.6. The molecule has 0 bridgehead atoms. The number of carbonyl (C=O) groups is 4. The molecule has 1 aromatic heterocycles. The number of hydrogen-bond acceptors (Lipinski definition) is 8. The molecule has 1 aliphatic heterocycles. The average molecular weight is 970 g/mol. The summed E-state index contributed by atoms with van der Waals surface area (Å²) in [6, 6.07) is 0. The van der Waals surface area contributed by atoms with Crippen LogP contribution in [0.2, 0.25) is 0 Å². The number of carbonyl (C=O) groups excluding carboxylic acids is 4. The van der Waals surface area contributed by atoms with E-state index in [1.807, 2.05) is 23.9 Å². The molecular formula is C50H86IN2O6S-. The third-order valence-electron chi connectivity index (χ3n) is 11.6. The standard InChI is InChI=1S/C50H86IN2O6S/c1-6-9-12-14-15-16-17-18-19-20-21-22-23-25-29-34-45(54)51-48-47(50(57)59-40-38-52(4)5)43-36-37-53(41-44(43)60-48)46(55)35-30-26-31-39-58-49(56)42(32-27-11-8-3)33-28-24-13-10-7-2/h18-19,42H,6-17,20-41H2,1-5H3/q-1/b19-18-. The summed E-state index contributed by atoms with van der Waals surface area (Å²) in [6.07, 6.45) is 36.0. The van der Waals surface area contributed by atoms with Gasteiger partial charge in [0.05, 0.1) is 5.92 Å². The normalized spacial score (nSPS) is 13.3. The van der Waals surface area contributed by atoms with E-state index in [-0.39, 0.29) is 27.6 Å². The number of amides is 1. The Bertz CT molecular complexity index is 1350. The first-order valence-electron chi connectivity index (χ1n) is 24.4. The number of thiophene rings is 1. The number of unbranched alkanes of at least 4 members (excludes halogenated alkanes) is 19. The van der Waals surface area contributed by atoms with Crippen molar-refractivity contribution in [3.63, 3.8) is 0 Å². The van der Waals surface area contributed by atoms with Gasteiger partial charge in [0.1, 0.15) is 0 Å². The van der Waals surface area contributed by atoms with Gasteiger partial charge in [-0.2, -0.15) is 0 Å². The number of nitrogens with zero attached hydrogens (tertiary/aromatic N) is 2. The minimum atomic E-state index is -0.992. The van der Waals surface area contributed by atoms with Gasteiger partial charge in [-0.3, -0.25) is 4.79 Å². The van der Waals surface area contributed by atoms with E-state index in [0.717, 1.165) is 96.8 Å². The zero-order valence-electron chi connectivity index (χ0n) is 38.9. The number of halogens is 1. The molecule has 0 saturated carbocycles. The van der Waals surface area contributed by atoms with Gasteiger partial charge in [-0.15, -0.1) is 0 Å². The molecule has 1 aliphatic rings. The van der Waals surface area contributed by atoms with Crippen molar-refractivity contribution in [3.8, 4) is 0 Å². The molecule has 0 fully saturated rings. The molecule has 0 spiro atoms. The fourth-order valence-corrected chi connectivity index (χ4v) is 12.6. The molecule has 0 aliphatic carbocycles. The summed E-state index contributed by atoms with van der Waals surface area (Å²) in [5.74, 6) is -0.223. The fourth-order valence-electron chi connectivity index (χ4n) is 7.74. The van der Waals surface area contributed by atoms with Crippen LogP contribution in [0.1, 0.15) is 221 Å². The van der Waals surface area contributed by atoms with Gasteiger partial charge in [0.15, 0.2) is 0 Å². The summed E-state index contributed by atoms with van der Waals surface area (Å²) < 4.78 is 12.7. The van der Waals surface area contributed by atoms with Crippen LogP contribution in [0.5, 0.6) is 0 Å². The zero-order chi connectivity index (χ0) is 43.6. The first-order valence-corrected chi connectivity index (χ1v) is 27.4. The first-order chi connectivity index (χ1) is 29.2. The van der Waals surface area contributed by atoms with Crippen LogP contribution in [0.3, 0.4) is 0 Å². The molecule has 1 amide bonds. The van der Waals surface area contributed by atoms with Crippen molar-refractivity contribution in [2.24, 2.45) is 5.92 Å². The molecule has 1 atom stereocenters. The number of rotatable bonds is 38. The van der Waals surface area contributed by atoms with Crippen molar-refractivity contribution in [3.05, 3.63) is 31.0 Å². The Balaban J connectivity index is 1.80. The van der Waals surface area contributed by atoms with Crippen LogP contribution >= 0.6 is 11.3 Å². The first kappa shape index (κ1) is 54.3. The molecule has 10 heteroatoms. The Morgan fingerprint density at radius 1 is 0.683 bits per heavy atom. The Labute approximate surface area is 381 Å². The Morgan fingerprint density at radius 2 is 1.23 bits per heavy atom. The van der Waals surface area contributed by atoms with Gasteiger partial charge in [-0.05, 0) is 12.8 Å². The molecule has 346 valence electrons. The predicted octanol–water partition coefficient (Wildman–Crippen LogP) is 9.83. The van der Waals surface area contributed by atoms with Gasteiger partial charge in [-0.25, -0.2) is 0 Å². The van der Waals surface area contributed by atoms with Gasteiger partial charge in [0.2, 0.25) is 0 Å². The SMILES string of the molecule is CCCCCCCC/C=C\CCCCCCCC(=O)[I-]c1sc2c(c1C(=O)OCCN(C)C)CCN(C(=O)CCCCCOC(=O)C(CCCCC)CCCCCCC)C2. The van der Waals surface area contributed by atoms with E-state index < -0.39 is 21.2 Å². The van der Waals surface area contributed by atoms with E-state index in [4.69, 9.17) is 9.47 Å². The number of ether oxygens (including phenoxy) is 2. The molecule has 0 saturated heterocycles. The fraction of sp³-hybridized carbons (Fsp3) is 0.800. The molecule has 0 radical (unpaired) electrons. The van der Waals surface area contributed by atoms with Crippen LogP contribution in [0, 0.1) is 8.80 Å². The van der Waals surface area contributed by atoms with Crippen molar-refractivity contribution in [2.45, 2.75) is 214 Å². The maximum absolute atomic E-state index is 13.5. The summed E-state index contributed by atoms with van der Waals surface area (Å²) in [4.78, 5) is 58.0. The third-order valence-corrected chi connectivity index (χ3v) is 15.9. The molecular weight excluding hydrogens is 884 g/mol. The zero-order valence-corrected chi connectivity index (χ0v) is 41.9. The van der Waals surface area contributed by atoms with E-state index in [0.29, 0.717) is 57.7 Å². The van der Waals surface area contributed by atoms with Crippen LogP contribution in [-0.4, -0.2) is 71.8 Å². The van der Waals surface area contributed by atoms with Crippen molar-refractivity contribution in [2.75, 3.05) is 40.4 Å². The number of esters is 2. The molecule has 0 N–H and O–H groups in total. The van der Waals surface area contributed by atoms with E-state index >= 15 is 0 Å². The van der Waals surface area contributed by atoms with Crippen LogP contribution < -0.4 is 21.2 Å². The van der Waals surface area contributed by atoms with Gasteiger partial charge in [-0.1, -0.05) is 104 Å². The number of allylic oxidation sites excluding steroid dienone is 2. The van der Waals surface area contributed by atoms with Gasteiger partial charge >= 0.3 is 256 Å². The van der Waals surface area contributed by atoms with Crippen LogP contribution in [0.15, 0.2) is 12.2 Å². The molecule has 1 aromatic rings. The molecule has 2 heterocycles. The number of likely N-dealkylation sites (N-methyl/N-ethyl adjacent to an activating group) is 1. The van der Waals surface area contributed by atoms with Crippen LogP contribution in [-0.2, 0) is 36.8 Å². The van der Waals surface area contributed by atoms with Gasteiger partial charge < -0.3 is 0 Å². The molecule has 60 heavy (non-hydrogen) atoms. The molecule has 2 rings (SSSR count). The number of fused-ring (bicyclic) bond motifs is 1. The maximum atomic E-state index is 13.5. The Kier molecular flexibility index (Phi) is 32.3. The van der Waals surface area contributed by atoms with Gasteiger partial charge in [0.25, 0.3) is 0 Å². The summed E-state index contributed by atoms with van der Waals surface area (Å²) in [5.41, 5.74) is 1.60. The van der Waals surface area contributed by atoms with Crippen LogP contribution in [0.25, 0.3) is 0 Å². The summed E-state index contributed by atoms with van der Waals surface area (Å²) in [7, 11) is 3.90. The molecule has 0 aromatic carbocycles. The molecule has 8 nitrogen and oxygen atoms in total. The van der Waals surface area contributed by atoms with Gasteiger partial charge in [0, 0.05) is 0 Å². The van der Waals surface area contributed by atoms with E-state index in [1.54, 1.807) is 11.3 Å². The van der Waals surface area contributed by atoms with Crippen LogP contribution in [0.4, 0.5) is 0 Å². The van der Waals surface area contributed by atoms with Crippen molar-refractivity contribution < 1.29 is 49.9 Å². The minimum absolute atomic E-state index is 0.0131. The van der Waals surface area contributed by atoms with E-state index in [2.05, 4.69) is 32.9 Å². The Morgan fingerprint density at radius 3 is 1.88 bits per heavy atom. The predicted molar refractivity (Wildman–Crippen MR) is 246 cm³/mol. The monoisotopic (exact) mass is 970 g/mol. The van der Waals surface area contributed by atoms with E-state index in [9.17, 15) is 19.2 Å². The van der Waals surface area contributed by atoms with E-state index in [1.165, 1.54) is 83.5 Å². The summed E-state index contributed by atoms with van der Waals surface area (Å²) in [6.45, 7) is 9.10. The topological polar surface area (TPSA) is 93.2 Å². The summed E-state index contributed by atoms with van der Waals surface area (Å²) >= 11 is 0.573. The summed E-state index contributed by atoms with van der Waals surface area (Å²) in [5, 5.41) is 0. The molecule has 1 unspecified atom stereocenters.